The van der Waals surface area contributed by atoms with Gasteiger partial charge in [-0.1, -0.05) is 25.2 Å². The van der Waals surface area contributed by atoms with Crippen molar-refractivity contribution < 1.29 is 9.59 Å². The van der Waals surface area contributed by atoms with E-state index in [0.29, 0.717) is 18.8 Å². The first-order valence-electron chi connectivity index (χ1n) is 7.05. The molecule has 3 amide bonds. The third kappa shape index (κ3) is 3.04. The summed E-state index contributed by atoms with van der Waals surface area (Å²) in [5.74, 6) is 0.356. The topological polar surface area (TPSA) is 67.2 Å². The van der Waals surface area contributed by atoms with E-state index >= 15 is 0 Å². The molecule has 0 unspecified atom stereocenters. The number of allylic oxidation sites excluding steroid dienone is 3. The zero-order valence-corrected chi connectivity index (χ0v) is 12.6. The Hall–Kier alpha value is -2.37. The van der Waals surface area contributed by atoms with Gasteiger partial charge in [0.15, 0.2) is 5.82 Å². The van der Waals surface area contributed by atoms with Crippen LogP contribution < -0.4 is 10.2 Å². The van der Waals surface area contributed by atoms with Crippen LogP contribution in [0.25, 0.3) is 6.08 Å². The van der Waals surface area contributed by atoms with Crippen LogP contribution in [0, 0.1) is 0 Å². The molecule has 0 saturated carbocycles. The van der Waals surface area contributed by atoms with E-state index in [1.807, 2.05) is 45.2 Å². The maximum Gasteiger partial charge on any atom is 0.329 e. The minimum atomic E-state index is -0.410. The minimum Gasteiger partial charge on any atom is -0.278 e. The zero-order valence-electron chi connectivity index (χ0n) is 12.6. The molecule has 0 radical (unpaired) electrons. The predicted molar refractivity (Wildman–Crippen MR) is 81.9 cm³/mol. The van der Waals surface area contributed by atoms with Crippen molar-refractivity contribution in [2.45, 2.75) is 26.7 Å². The average molecular weight is 288 g/mol. The molecule has 2 rings (SSSR count). The largest absolute Gasteiger partial charge is 0.329 e. The fourth-order valence-electron chi connectivity index (χ4n) is 2.38. The van der Waals surface area contributed by atoms with Crippen LogP contribution in [0.2, 0.25) is 0 Å². The number of nitrogens with zero attached hydrogens (tertiary/aromatic N) is 3. The van der Waals surface area contributed by atoms with Crippen molar-refractivity contribution in [2.75, 3.05) is 11.4 Å². The van der Waals surface area contributed by atoms with E-state index in [9.17, 15) is 9.59 Å². The SMILES string of the molecule is C/C=C/C=C\c1c(N2CCC(=O)NC2=O)nn(C)c1CC. The maximum absolute atomic E-state index is 12.0. The lowest BCUT2D eigenvalue weighted by molar-refractivity contribution is -0.120. The van der Waals surface area contributed by atoms with Crippen LogP contribution in [-0.4, -0.2) is 28.3 Å². The lowest BCUT2D eigenvalue weighted by Gasteiger charge is -2.25. The first-order valence-corrected chi connectivity index (χ1v) is 7.05. The summed E-state index contributed by atoms with van der Waals surface area (Å²) in [7, 11) is 1.86. The van der Waals surface area contributed by atoms with E-state index < -0.39 is 6.03 Å². The highest BCUT2D eigenvalue weighted by Gasteiger charge is 2.28. The summed E-state index contributed by atoms with van der Waals surface area (Å²) >= 11 is 0. The third-order valence-corrected chi connectivity index (χ3v) is 3.40. The molecular formula is C15H20N4O2. The van der Waals surface area contributed by atoms with Gasteiger partial charge in [-0.2, -0.15) is 5.10 Å². The molecule has 1 N–H and O–H groups in total. The Morgan fingerprint density at radius 1 is 1.33 bits per heavy atom. The normalized spacial score (nSPS) is 16.2. The number of hydrogen-bond donors (Lipinski definition) is 1. The predicted octanol–water partition coefficient (Wildman–Crippen LogP) is 2.02. The van der Waals surface area contributed by atoms with Gasteiger partial charge in [-0.15, -0.1) is 0 Å². The fraction of sp³-hybridized carbons (Fsp3) is 0.400. The molecular weight excluding hydrogens is 268 g/mol. The Kier molecular flexibility index (Phi) is 4.57. The number of aryl methyl sites for hydroxylation is 1. The van der Waals surface area contributed by atoms with Gasteiger partial charge in [0, 0.05) is 31.3 Å². The molecule has 6 heteroatoms. The van der Waals surface area contributed by atoms with Crippen LogP contribution in [-0.2, 0) is 18.3 Å². The van der Waals surface area contributed by atoms with Crippen LogP contribution >= 0.6 is 0 Å². The fourth-order valence-corrected chi connectivity index (χ4v) is 2.38. The molecule has 0 aromatic carbocycles. The Morgan fingerprint density at radius 2 is 2.10 bits per heavy atom. The smallest absolute Gasteiger partial charge is 0.278 e. The van der Waals surface area contributed by atoms with Crippen molar-refractivity contribution in [3.8, 4) is 0 Å². The van der Waals surface area contributed by atoms with E-state index in [-0.39, 0.29) is 5.91 Å². The second-order valence-corrected chi connectivity index (χ2v) is 4.80. The lowest BCUT2D eigenvalue weighted by Crippen LogP contribution is -2.50. The minimum absolute atomic E-state index is 0.242. The number of aromatic nitrogens is 2. The van der Waals surface area contributed by atoms with Crippen molar-refractivity contribution in [1.82, 2.24) is 15.1 Å². The number of carbonyl (C=O) groups excluding carboxylic acids is 2. The van der Waals surface area contributed by atoms with Gasteiger partial charge in [-0.25, -0.2) is 4.79 Å². The second kappa shape index (κ2) is 6.39. The number of amides is 3. The Labute approximate surface area is 124 Å². The summed E-state index contributed by atoms with van der Waals surface area (Å²) in [6, 6.07) is -0.410. The van der Waals surface area contributed by atoms with Gasteiger partial charge < -0.3 is 0 Å². The Morgan fingerprint density at radius 3 is 2.71 bits per heavy atom. The summed E-state index contributed by atoms with van der Waals surface area (Å²) in [5.41, 5.74) is 1.97. The van der Waals surface area contributed by atoms with Gasteiger partial charge in [-0.3, -0.25) is 19.7 Å². The van der Waals surface area contributed by atoms with Gasteiger partial charge in [0.05, 0.1) is 0 Å². The van der Waals surface area contributed by atoms with Crippen molar-refractivity contribution >= 4 is 23.8 Å². The molecule has 1 aromatic rings. The number of anilines is 1. The first-order chi connectivity index (χ1) is 10.1. The molecule has 2 heterocycles. The molecule has 0 aliphatic carbocycles. The number of imide groups is 1. The number of nitrogens with one attached hydrogen (secondary N) is 1. The summed E-state index contributed by atoms with van der Waals surface area (Å²) in [5, 5.41) is 6.78. The van der Waals surface area contributed by atoms with Gasteiger partial charge >= 0.3 is 6.03 Å². The molecule has 1 aliphatic heterocycles. The molecule has 112 valence electrons. The van der Waals surface area contributed by atoms with Crippen LogP contribution in [0.5, 0.6) is 0 Å². The van der Waals surface area contributed by atoms with Crippen LogP contribution in [0.3, 0.4) is 0 Å². The summed E-state index contributed by atoms with van der Waals surface area (Å²) in [6.45, 7) is 4.35. The van der Waals surface area contributed by atoms with Crippen molar-refractivity contribution in [3.63, 3.8) is 0 Å². The van der Waals surface area contributed by atoms with E-state index in [1.165, 1.54) is 4.90 Å². The molecule has 6 nitrogen and oxygen atoms in total. The van der Waals surface area contributed by atoms with E-state index in [0.717, 1.165) is 17.7 Å². The molecule has 0 atom stereocenters. The molecule has 0 bridgehead atoms. The van der Waals surface area contributed by atoms with Crippen molar-refractivity contribution in [3.05, 3.63) is 29.5 Å². The van der Waals surface area contributed by atoms with E-state index in [4.69, 9.17) is 0 Å². The van der Waals surface area contributed by atoms with Gasteiger partial charge in [-0.05, 0) is 19.4 Å². The van der Waals surface area contributed by atoms with Gasteiger partial charge in [0.25, 0.3) is 0 Å². The zero-order chi connectivity index (χ0) is 15.4. The third-order valence-electron chi connectivity index (χ3n) is 3.40. The molecule has 1 aromatic heterocycles. The lowest BCUT2D eigenvalue weighted by atomic mass is 10.1. The highest BCUT2D eigenvalue weighted by atomic mass is 16.2. The molecule has 21 heavy (non-hydrogen) atoms. The van der Waals surface area contributed by atoms with E-state index in [2.05, 4.69) is 10.4 Å². The molecule has 0 spiro atoms. The highest BCUT2D eigenvalue weighted by molar-refractivity contribution is 6.06. The number of urea groups is 1. The molecule has 1 saturated heterocycles. The molecule has 1 fully saturated rings. The Bertz CT molecular complexity index is 613. The molecule has 1 aliphatic rings. The summed E-state index contributed by atoms with van der Waals surface area (Å²) < 4.78 is 1.79. The first kappa shape index (κ1) is 15.0. The number of rotatable bonds is 4. The van der Waals surface area contributed by atoms with Gasteiger partial charge in [0.2, 0.25) is 5.91 Å². The van der Waals surface area contributed by atoms with Crippen molar-refractivity contribution in [2.24, 2.45) is 7.05 Å². The van der Waals surface area contributed by atoms with Crippen LogP contribution in [0.15, 0.2) is 18.2 Å². The standard InChI is InChI=1S/C15H20N4O2/c1-4-6-7-8-11-12(5-2)18(3)17-14(11)19-10-9-13(20)16-15(19)21/h4,6-8H,5,9-10H2,1-3H3,(H,16,20,21)/b6-4+,8-7-. The van der Waals surface area contributed by atoms with Gasteiger partial charge in [0.1, 0.15) is 0 Å². The quantitative estimate of drug-likeness (QED) is 0.862. The number of hydrogen-bond acceptors (Lipinski definition) is 3. The maximum atomic E-state index is 12.0. The second-order valence-electron chi connectivity index (χ2n) is 4.80. The van der Waals surface area contributed by atoms with Crippen molar-refractivity contribution in [1.29, 1.82) is 0 Å². The highest BCUT2D eigenvalue weighted by Crippen LogP contribution is 2.26. The summed E-state index contributed by atoms with van der Waals surface area (Å²) in [6.07, 6.45) is 8.84. The summed E-state index contributed by atoms with van der Waals surface area (Å²) in [4.78, 5) is 24.8. The van der Waals surface area contributed by atoms with Crippen LogP contribution in [0.4, 0.5) is 10.6 Å². The van der Waals surface area contributed by atoms with Crippen LogP contribution in [0.1, 0.15) is 31.5 Å². The average Bonchev–Trinajstić information content (AvgIpc) is 2.75. The Balaban J connectivity index is 2.43. The monoisotopic (exact) mass is 288 g/mol. The number of carbonyl (C=O) groups is 2. The van der Waals surface area contributed by atoms with E-state index in [1.54, 1.807) is 4.68 Å².